The maximum atomic E-state index is 8.68. The molecule has 0 fully saturated rings. The number of aliphatic hydroxyl groups excluding tert-OH is 1. The molecular weight excluding hydrogens is 296 g/mol. The maximum Gasteiger partial charge on any atom is 0.174 e. The minimum absolute atomic E-state index is 0.320. The van der Waals surface area contributed by atoms with E-state index in [-0.39, 0.29) is 0 Å². The molecule has 0 unspecified atom stereocenters. The average Bonchev–Trinajstić information content (AvgIpc) is 2.87. The minimum atomic E-state index is 0.320. The second kappa shape index (κ2) is 12.0. The number of nitrogens with zero attached hydrogens (tertiary/aromatic N) is 2. The van der Waals surface area contributed by atoms with Gasteiger partial charge < -0.3 is 5.11 Å². The first-order valence-electron chi connectivity index (χ1n) is 7.03. The van der Waals surface area contributed by atoms with E-state index < -0.39 is 0 Å². The lowest BCUT2D eigenvalue weighted by molar-refractivity contribution is 0.283. The van der Waals surface area contributed by atoms with Gasteiger partial charge in [0.2, 0.25) is 0 Å². The van der Waals surface area contributed by atoms with Crippen LogP contribution in [0.1, 0.15) is 50.0 Å². The van der Waals surface area contributed by atoms with E-state index >= 15 is 0 Å². The Morgan fingerprint density at radius 2 is 1.79 bits per heavy atom. The molecular formula is C13H24N2OS3. The second-order valence-electron chi connectivity index (χ2n) is 4.48. The van der Waals surface area contributed by atoms with Crippen LogP contribution in [-0.2, 0) is 6.42 Å². The van der Waals surface area contributed by atoms with Crippen LogP contribution >= 0.6 is 35.7 Å². The predicted octanol–water partition coefficient (Wildman–Crippen LogP) is 3.83. The molecule has 1 aromatic rings. The SMILES string of the molecule is OCCCCCCSc1nnc(CCCCCS)s1. The van der Waals surface area contributed by atoms with Crippen LogP contribution in [-0.4, -0.2) is 33.4 Å². The molecule has 110 valence electrons. The molecule has 0 aliphatic rings. The van der Waals surface area contributed by atoms with Gasteiger partial charge >= 0.3 is 0 Å². The lowest BCUT2D eigenvalue weighted by Crippen LogP contribution is -1.85. The van der Waals surface area contributed by atoms with E-state index in [4.69, 9.17) is 5.11 Å². The van der Waals surface area contributed by atoms with Gasteiger partial charge in [0.1, 0.15) is 5.01 Å². The number of hydrogen-bond donors (Lipinski definition) is 2. The van der Waals surface area contributed by atoms with Crippen LogP contribution in [0.5, 0.6) is 0 Å². The molecule has 0 saturated carbocycles. The number of unbranched alkanes of at least 4 members (excludes halogenated alkanes) is 5. The van der Waals surface area contributed by atoms with Crippen LogP contribution < -0.4 is 0 Å². The van der Waals surface area contributed by atoms with E-state index in [1.807, 2.05) is 11.8 Å². The highest BCUT2D eigenvalue weighted by Gasteiger charge is 2.04. The van der Waals surface area contributed by atoms with E-state index in [1.165, 1.54) is 37.1 Å². The van der Waals surface area contributed by atoms with Gasteiger partial charge in [0.05, 0.1) is 0 Å². The van der Waals surface area contributed by atoms with E-state index in [1.54, 1.807) is 11.3 Å². The summed E-state index contributed by atoms with van der Waals surface area (Å²) in [7, 11) is 0. The Balaban J connectivity index is 2.06. The molecule has 0 aliphatic heterocycles. The molecule has 0 aromatic carbocycles. The molecule has 1 N–H and O–H groups in total. The summed E-state index contributed by atoms with van der Waals surface area (Å²) in [6.45, 7) is 0.320. The molecule has 6 heteroatoms. The number of rotatable bonds is 12. The van der Waals surface area contributed by atoms with Crippen LogP contribution in [0.15, 0.2) is 4.34 Å². The Morgan fingerprint density at radius 1 is 1.00 bits per heavy atom. The highest BCUT2D eigenvalue weighted by Crippen LogP contribution is 2.24. The summed E-state index contributed by atoms with van der Waals surface area (Å²) in [5.41, 5.74) is 0. The van der Waals surface area contributed by atoms with Crippen LogP contribution in [0, 0.1) is 0 Å². The highest BCUT2D eigenvalue weighted by molar-refractivity contribution is 8.01. The van der Waals surface area contributed by atoms with Gasteiger partial charge in [-0.25, -0.2) is 0 Å². The quantitative estimate of drug-likeness (QED) is 0.349. The zero-order valence-electron chi connectivity index (χ0n) is 11.4. The lowest BCUT2D eigenvalue weighted by Gasteiger charge is -1.97. The van der Waals surface area contributed by atoms with Crippen LogP contribution in [0.3, 0.4) is 0 Å². The molecule has 0 amide bonds. The molecule has 0 radical (unpaired) electrons. The average molecular weight is 321 g/mol. The van der Waals surface area contributed by atoms with Crippen LogP contribution in [0.2, 0.25) is 0 Å². The maximum absolute atomic E-state index is 8.68. The van der Waals surface area contributed by atoms with Crippen LogP contribution in [0.25, 0.3) is 0 Å². The Labute approximate surface area is 130 Å². The summed E-state index contributed by atoms with van der Waals surface area (Å²) in [6, 6.07) is 0. The summed E-state index contributed by atoms with van der Waals surface area (Å²) in [6.07, 6.45) is 9.13. The van der Waals surface area contributed by atoms with Crippen molar-refractivity contribution in [3.8, 4) is 0 Å². The van der Waals surface area contributed by atoms with Crippen molar-refractivity contribution in [2.45, 2.75) is 55.7 Å². The molecule has 0 atom stereocenters. The van der Waals surface area contributed by atoms with Gasteiger partial charge in [-0.2, -0.15) is 12.6 Å². The largest absolute Gasteiger partial charge is 0.396 e. The molecule has 19 heavy (non-hydrogen) atoms. The van der Waals surface area contributed by atoms with Gasteiger partial charge in [-0.15, -0.1) is 10.2 Å². The minimum Gasteiger partial charge on any atom is -0.396 e. The Morgan fingerprint density at radius 3 is 2.58 bits per heavy atom. The molecule has 0 aliphatic carbocycles. The normalized spacial score (nSPS) is 11.1. The Kier molecular flexibility index (Phi) is 10.9. The fourth-order valence-corrected chi connectivity index (χ4v) is 3.92. The van der Waals surface area contributed by atoms with Crippen molar-refractivity contribution in [2.75, 3.05) is 18.1 Å². The van der Waals surface area contributed by atoms with Crippen molar-refractivity contribution in [3.05, 3.63) is 5.01 Å². The third-order valence-electron chi connectivity index (χ3n) is 2.78. The first-order chi connectivity index (χ1) is 9.36. The van der Waals surface area contributed by atoms with E-state index in [0.717, 1.165) is 35.1 Å². The standard InChI is InChI=1S/C13H24N2OS3/c16-9-5-1-2-7-11-18-13-15-14-12(19-13)8-4-3-6-10-17/h16-17H,1-11H2. The van der Waals surface area contributed by atoms with Crippen molar-refractivity contribution < 1.29 is 5.11 Å². The molecule has 1 aromatic heterocycles. The molecule has 0 bridgehead atoms. The number of thioether (sulfide) groups is 1. The summed E-state index contributed by atoms with van der Waals surface area (Å²) in [5.74, 6) is 2.09. The number of aromatic nitrogens is 2. The zero-order valence-corrected chi connectivity index (χ0v) is 13.9. The van der Waals surface area contributed by atoms with Crippen molar-refractivity contribution >= 4 is 35.7 Å². The fourth-order valence-electron chi connectivity index (χ4n) is 1.69. The Hall–Kier alpha value is 0.220. The molecule has 0 saturated heterocycles. The third kappa shape index (κ3) is 8.89. The van der Waals surface area contributed by atoms with Gasteiger partial charge in [0, 0.05) is 18.8 Å². The highest BCUT2D eigenvalue weighted by atomic mass is 32.2. The Bertz CT molecular complexity index is 321. The van der Waals surface area contributed by atoms with Gasteiger partial charge in [-0.05, 0) is 31.4 Å². The molecule has 1 rings (SSSR count). The summed E-state index contributed by atoms with van der Waals surface area (Å²) in [4.78, 5) is 0. The summed E-state index contributed by atoms with van der Waals surface area (Å²) < 4.78 is 1.10. The van der Waals surface area contributed by atoms with Gasteiger partial charge in [-0.1, -0.05) is 42.4 Å². The first-order valence-corrected chi connectivity index (χ1v) is 9.47. The van der Waals surface area contributed by atoms with Crippen molar-refractivity contribution in [1.82, 2.24) is 10.2 Å². The topological polar surface area (TPSA) is 46.0 Å². The number of thiol groups is 1. The molecule has 0 spiro atoms. The number of aliphatic hydroxyl groups is 1. The van der Waals surface area contributed by atoms with Gasteiger partial charge in [-0.3, -0.25) is 0 Å². The molecule has 1 heterocycles. The third-order valence-corrected chi connectivity index (χ3v) is 5.29. The van der Waals surface area contributed by atoms with E-state index in [9.17, 15) is 0 Å². The monoisotopic (exact) mass is 320 g/mol. The van der Waals surface area contributed by atoms with Crippen molar-refractivity contribution in [1.29, 1.82) is 0 Å². The van der Waals surface area contributed by atoms with Crippen molar-refractivity contribution in [3.63, 3.8) is 0 Å². The van der Waals surface area contributed by atoms with E-state index in [0.29, 0.717) is 6.61 Å². The zero-order chi connectivity index (χ0) is 13.8. The number of hydrogen-bond acceptors (Lipinski definition) is 6. The van der Waals surface area contributed by atoms with Gasteiger partial charge in [0.15, 0.2) is 4.34 Å². The summed E-state index contributed by atoms with van der Waals surface area (Å²) in [5, 5.41) is 18.3. The van der Waals surface area contributed by atoms with Crippen molar-refractivity contribution in [2.24, 2.45) is 0 Å². The predicted molar refractivity (Wildman–Crippen MR) is 87.6 cm³/mol. The smallest absolute Gasteiger partial charge is 0.174 e. The second-order valence-corrected chi connectivity index (χ2v) is 7.33. The molecule has 3 nitrogen and oxygen atoms in total. The first kappa shape index (κ1) is 17.3. The van der Waals surface area contributed by atoms with Crippen LogP contribution in [0.4, 0.5) is 0 Å². The lowest BCUT2D eigenvalue weighted by atomic mass is 10.2. The fraction of sp³-hybridized carbons (Fsp3) is 0.846. The van der Waals surface area contributed by atoms with E-state index in [2.05, 4.69) is 22.8 Å². The summed E-state index contributed by atoms with van der Waals surface area (Å²) >= 11 is 7.77. The van der Waals surface area contributed by atoms with Gasteiger partial charge in [0.25, 0.3) is 0 Å². The number of aryl methyl sites for hydroxylation is 1.